The number of hydrogen-bond acceptors (Lipinski definition) is 2. The van der Waals surface area contributed by atoms with Crippen molar-refractivity contribution in [2.24, 2.45) is 0 Å². The van der Waals surface area contributed by atoms with Crippen LogP contribution in [0.2, 0.25) is 0 Å². The molecule has 0 aliphatic heterocycles. The average molecular weight is 296 g/mol. The molecule has 2 aromatic rings. The molecule has 0 bridgehead atoms. The highest BCUT2D eigenvalue weighted by atomic mass is 16.5. The molecule has 0 amide bonds. The molecule has 0 heterocycles. The lowest BCUT2D eigenvalue weighted by atomic mass is 9.98. The molecule has 2 rings (SSSR count). The lowest BCUT2D eigenvalue weighted by molar-refractivity contribution is 0.354. The summed E-state index contributed by atoms with van der Waals surface area (Å²) in [4.78, 5) is 0. The minimum atomic E-state index is 0.725. The molecule has 0 saturated carbocycles. The first-order valence-corrected chi connectivity index (χ1v) is 7.71. The molecule has 2 heteroatoms. The van der Waals surface area contributed by atoms with Crippen LogP contribution in [-0.4, -0.2) is 14.2 Å². The molecule has 0 aliphatic carbocycles. The normalized spacial score (nSPS) is 10.3. The molecule has 0 fully saturated rings. The zero-order chi connectivity index (χ0) is 15.9. The highest BCUT2D eigenvalue weighted by Gasteiger charge is 2.11. The van der Waals surface area contributed by atoms with Crippen LogP contribution in [0.4, 0.5) is 0 Å². The van der Waals surface area contributed by atoms with Crippen molar-refractivity contribution in [2.75, 3.05) is 14.2 Å². The molecule has 2 nitrogen and oxygen atoms in total. The Morgan fingerprint density at radius 1 is 1.05 bits per heavy atom. The van der Waals surface area contributed by atoms with Crippen molar-refractivity contribution in [3.05, 3.63) is 54.1 Å². The number of benzene rings is 2. The van der Waals surface area contributed by atoms with Gasteiger partial charge in [0.15, 0.2) is 11.5 Å². The quantitative estimate of drug-likeness (QED) is 0.685. The topological polar surface area (TPSA) is 18.5 Å². The number of ether oxygens (including phenoxy) is 2. The minimum absolute atomic E-state index is 0.725. The summed E-state index contributed by atoms with van der Waals surface area (Å²) >= 11 is 0. The zero-order valence-electron chi connectivity index (χ0n) is 13.7. The van der Waals surface area contributed by atoms with E-state index in [4.69, 9.17) is 9.47 Å². The fraction of sp³-hybridized carbons (Fsp3) is 0.300. The molecule has 116 valence electrons. The van der Waals surface area contributed by atoms with Gasteiger partial charge in [0.25, 0.3) is 0 Å². The standard InChI is InChI=1S/C20H24O2/c1-5-7-9-15-10-8-11-17(12-15)18-13-16(6-2)20(22-4)19(14-18)21-3/h6,8,10-14H,2,5,7,9H2,1,3-4H3. The van der Waals surface area contributed by atoms with Gasteiger partial charge in [-0.25, -0.2) is 0 Å². The molecule has 0 saturated heterocycles. The molecule has 2 aromatic carbocycles. The highest BCUT2D eigenvalue weighted by molar-refractivity contribution is 5.74. The van der Waals surface area contributed by atoms with Crippen molar-refractivity contribution >= 4 is 6.08 Å². The number of aryl methyl sites for hydroxylation is 1. The molecular weight excluding hydrogens is 272 g/mol. The minimum Gasteiger partial charge on any atom is -0.493 e. The fourth-order valence-electron chi connectivity index (χ4n) is 2.60. The predicted octanol–water partition coefficient (Wildman–Crippen LogP) is 5.36. The first-order chi connectivity index (χ1) is 10.7. The number of rotatable bonds is 7. The SMILES string of the molecule is C=Cc1cc(-c2cccc(CCCC)c2)cc(OC)c1OC. The summed E-state index contributed by atoms with van der Waals surface area (Å²) in [7, 11) is 3.31. The van der Waals surface area contributed by atoms with Gasteiger partial charge >= 0.3 is 0 Å². The summed E-state index contributed by atoms with van der Waals surface area (Å²) < 4.78 is 10.9. The molecule has 0 aromatic heterocycles. The van der Waals surface area contributed by atoms with E-state index < -0.39 is 0 Å². The maximum absolute atomic E-state index is 5.46. The van der Waals surface area contributed by atoms with Crippen LogP contribution in [-0.2, 0) is 6.42 Å². The van der Waals surface area contributed by atoms with Crippen LogP contribution in [0.25, 0.3) is 17.2 Å². The van der Waals surface area contributed by atoms with E-state index in [2.05, 4.69) is 43.8 Å². The van der Waals surface area contributed by atoms with Crippen molar-refractivity contribution < 1.29 is 9.47 Å². The van der Waals surface area contributed by atoms with Crippen LogP contribution >= 0.6 is 0 Å². The van der Waals surface area contributed by atoms with E-state index in [1.807, 2.05) is 6.07 Å². The van der Waals surface area contributed by atoms with Crippen LogP contribution in [0.15, 0.2) is 43.0 Å². The first-order valence-electron chi connectivity index (χ1n) is 7.71. The zero-order valence-corrected chi connectivity index (χ0v) is 13.7. The highest BCUT2D eigenvalue weighted by Crippen LogP contribution is 2.37. The third-order valence-corrected chi connectivity index (χ3v) is 3.81. The smallest absolute Gasteiger partial charge is 0.167 e. The van der Waals surface area contributed by atoms with Gasteiger partial charge in [0.05, 0.1) is 14.2 Å². The molecular formula is C20H24O2. The van der Waals surface area contributed by atoms with Crippen LogP contribution in [0.1, 0.15) is 30.9 Å². The van der Waals surface area contributed by atoms with Crippen molar-refractivity contribution in [1.29, 1.82) is 0 Å². The van der Waals surface area contributed by atoms with Crippen LogP contribution < -0.4 is 9.47 Å². The summed E-state index contributed by atoms with van der Waals surface area (Å²) in [5, 5.41) is 0. The van der Waals surface area contributed by atoms with E-state index in [1.54, 1.807) is 20.3 Å². The molecule has 0 N–H and O–H groups in total. The van der Waals surface area contributed by atoms with Gasteiger partial charge in [-0.05, 0) is 41.7 Å². The van der Waals surface area contributed by atoms with Crippen LogP contribution in [0.5, 0.6) is 11.5 Å². The summed E-state index contributed by atoms with van der Waals surface area (Å²) in [5.74, 6) is 1.46. The average Bonchev–Trinajstić information content (AvgIpc) is 2.58. The Balaban J connectivity index is 2.46. The van der Waals surface area contributed by atoms with Crippen LogP contribution in [0.3, 0.4) is 0 Å². The summed E-state index contributed by atoms with van der Waals surface area (Å²) in [6.45, 7) is 6.09. The third kappa shape index (κ3) is 3.51. The van der Waals surface area contributed by atoms with Gasteiger partial charge in [-0.1, -0.05) is 50.3 Å². The lowest BCUT2D eigenvalue weighted by Gasteiger charge is -2.14. The summed E-state index contributed by atoms with van der Waals surface area (Å²) in [5.41, 5.74) is 4.62. The van der Waals surface area contributed by atoms with Gasteiger partial charge in [-0.2, -0.15) is 0 Å². The Labute approximate surface area is 133 Å². The van der Waals surface area contributed by atoms with Gasteiger partial charge in [-0.3, -0.25) is 0 Å². The van der Waals surface area contributed by atoms with Crippen LogP contribution in [0, 0.1) is 0 Å². The number of methoxy groups -OCH3 is 2. The maximum Gasteiger partial charge on any atom is 0.167 e. The summed E-state index contributed by atoms with van der Waals surface area (Å²) in [6.07, 6.45) is 5.34. The van der Waals surface area contributed by atoms with Gasteiger partial charge in [0.1, 0.15) is 0 Å². The van der Waals surface area contributed by atoms with Gasteiger partial charge < -0.3 is 9.47 Å². The Morgan fingerprint density at radius 2 is 1.86 bits per heavy atom. The molecule has 0 unspecified atom stereocenters. The second-order valence-electron chi connectivity index (χ2n) is 5.31. The fourth-order valence-corrected chi connectivity index (χ4v) is 2.60. The monoisotopic (exact) mass is 296 g/mol. The van der Waals surface area contributed by atoms with Gasteiger partial charge in [0.2, 0.25) is 0 Å². The van der Waals surface area contributed by atoms with Gasteiger partial charge in [0, 0.05) is 5.56 Å². The van der Waals surface area contributed by atoms with E-state index in [0.29, 0.717) is 0 Å². The first kappa shape index (κ1) is 16.2. The van der Waals surface area contributed by atoms with Crippen molar-refractivity contribution in [2.45, 2.75) is 26.2 Å². The molecule has 22 heavy (non-hydrogen) atoms. The van der Waals surface area contributed by atoms with Crippen molar-refractivity contribution in [3.63, 3.8) is 0 Å². The van der Waals surface area contributed by atoms with Crippen molar-refractivity contribution in [1.82, 2.24) is 0 Å². The van der Waals surface area contributed by atoms with E-state index in [9.17, 15) is 0 Å². The van der Waals surface area contributed by atoms with Gasteiger partial charge in [-0.15, -0.1) is 0 Å². The third-order valence-electron chi connectivity index (χ3n) is 3.81. The molecule has 0 spiro atoms. The summed E-state index contributed by atoms with van der Waals surface area (Å²) in [6, 6.07) is 12.8. The second-order valence-corrected chi connectivity index (χ2v) is 5.31. The Hall–Kier alpha value is -2.22. The van der Waals surface area contributed by atoms with E-state index in [1.165, 1.54) is 24.0 Å². The van der Waals surface area contributed by atoms with E-state index >= 15 is 0 Å². The second kappa shape index (κ2) is 7.69. The van der Waals surface area contributed by atoms with E-state index in [0.717, 1.165) is 29.0 Å². The largest absolute Gasteiger partial charge is 0.493 e. The molecule has 0 aliphatic rings. The lowest BCUT2D eigenvalue weighted by Crippen LogP contribution is -1.94. The Morgan fingerprint density at radius 3 is 2.50 bits per heavy atom. The Kier molecular flexibility index (Phi) is 5.65. The maximum atomic E-state index is 5.46. The Bertz CT molecular complexity index is 644. The number of hydrogen-bond donors (Lipinski definition) is 0. The van der Waals surface area contributed by atoms with Crippen molar-refractivity contribution in [3.8, 4) is 22.6 Å². The van der Waals surface area contributed by atoms with E-state index in [-0.39, 0.29) is 0 Å². The molecule has 0 radical (unpaired) electrons. The predicted molar refractivity (Wildman–Crippen MR) is 93.7 cm³/mol. The number of unbranched alkanes of at least 4 members (excludes halogenated alkanes) is 1. The molecule has 0 atom stereocenters.